The zero-order valence-electron chi connectivity index (χ0n) is 25.8. The number of anilines is 3. The lowest BCUT2D eigenvalue weighted by molar-refractivity contribution is 0.0492. The number of likely N-dealkylation sites (tertiary alicyclic amines) is 1. The van der Waals surface area contributed by atoms with E-state index in [1.54, 1.807) is 0 Å². The highest BCUT2D eigenvalue weighted by atomic mass is 16.6. The minimum atomic E-state index is -0.506. The van der Waals surface area contributed by atoms with Crippen molar-refractivity contribution in [3.8, 4) is 5.75 Å². The van der Waals surface area contributed by atoms with Crippen molar-refractivity contribution in [1.82, 2.24) is 20.2 Å². The number of benzene rings is 2. The molecule has 1 aliphatic heterocycles. The third kappa shape index (κ3) is 8.03. The quantitative estimate of drug-likeness (QED) is 0.263. The van der Waals surface area contributed by atoms with E-state index >= 15 is 0 Å². The molecular weight excluding hydrogens is 528 g/mol. The number of piperidine rings is 1. The zero-order valence-corrected chi connectivity index (χ0v) is 25.8. The molecule has 1 saturated heterocycles. The largest absolute Gasteiger partial charge is 0.477 e. The molecule has 1 amide bonds. The minimum absolute atomic E-state index is 0.102. The molecule has 3 N–H and O–H groups in total. The van der Waals surface area contributed by atoms with Crippen molar-refractivity contribution >= 4 is 34.4 Å². The molecule has 0 unspecified atom stereocenters. The van der Waals surface area contributed by atoms with Crippen molar-refractivity contribution in [2.24, 2.45) is 0 Å². The summed E-state index contributed by atoms with van der Waals surface area (Å²) in [7, 11) is 0. The zero-order chi connectivity index (χ0) is 29.7. The molecule has 1 aromatic heterocycles. The van der Waals surface area contributed by atoms with Crippen LogP contribution in [-0.4, -0.2) is 58.5 Å². The van der Waals surface area contributed by atoms with Gasteiger partial charge in [-0.3, -0.25) is 4.90 Å². The van der Waals surface area contributed by atoms with Gasteiger partial charge in [-0.25, -0.2) is 9.78 Å². The van der Waals surface area contributed by atoms with Crippen LogP contribution in [0.2, 0.25) is 0 Å². The third-order valence-electron chi connectivity index (χ3n) is 8.09. The van der Waals surface area contributed by atoms with E-state index in [1.807, 2.05) is 39.0 Å². The Hall–Kier alpha value is -3.59. The van der Waals surface area contributed by atoms with Crippen LogP contribution in [0.25, 0.3) is 10.9 Å². The number of rotatable bonds is 8. The molecule has 0 atom stereocenters. The van der Waals surface area contributed by atoms with Gasteiger partial charge in [0.05, 0.1) is 10.9 Å². The van der Waals surface area contributed by atoms with Crippen LogP contribution in [0, 0.1) is 13.8 Å². The topological polar surface area (TPSA) is 101 Å². The highest BCUT2D eigenvalue weighted by molar-refractivity contribution is 5.95. The molecule has 0 spiro atoms. The van der Waals surface area contributed by atoms with Crippen LogP contribution in [-0.2, 0) is 4.74 Å². The van der Waals surface area contributed by atoms with Crippen LogP contribution in [0.3, 0.4) is 0 Å². The maximum absolute atomic E-state index is 12.3. The van der Waals surface area contributed by atoms with Gasteiger partial charge in [0, 0.05) is 30.9 Å². The number of carbonyl (C=O) groups is 1. The molecule has 9 heteroatoms. The van der Waals surface area contributed by atoms with Gasteiger partial charge in [0.1, 0.15) is 23.9 Å². The minimum Gasteiger partial charge on any atom is -0.477 e. The number of fused-ring (bicyclic) bond motifs is 1. The SMILES string of the molecule is Cc1ccc(Nc2nc(NC3CCC(NC(=O)OC(C)(C)C)CC3)c3c(OCN4CCCCC4)cccc3n2)cc1C. The van der Waals surface area contributed by atoms with Gasteiger partial charge in [0.2, 0.25) is 5.95 Å². The summed E-state index contributed by atoms with van der Waals surface area (Å²) >= 11 is 0. The van der Waals surface area contributed by atoms with Crippen molar-refractivity contribution in [3.63, 3.8) is 0 Å². The second-order valence-electron chi connectivity index (χ2n) is 12.8. The maximum atomic E-state index is 12.3. The monoisotopic (exact) mass is 574 g/mol. The van der Waals surface area contributed by atoms with Gasteiger partial charge in [-0.1, -0.05) is 18.6 Å². The molecule has 2 heterocycles. The Balaban J connectivity index is 1.35. The van der Waals surface area contributed by atoms with Gasteiger partial charge in [-0.15, -0.1) is 0 Å². The van der Waals surface area contributed by atoms with E-state index in [-0.39, 0.29) is 18.2 Å². The third-order valence-corrected chi connectivity index (χ3v) is 8.09. The number of hydrogen-bond acceptors (Lipinski definition) is 8. The Morgan fingerprint density at radius 1 is 0.952 bits per heavy atom. The first-order valence-corrected chi connectivity index (χ1v) is 15.4. The summed E-state index contributed by atoms with van der Waals surface area (Å²) in [6.45, 7) is 12.6. The molecule has 226 valence electrons. The number of amides is 1. The van der Waals surface area contributed by atoms with E-state index in [0.29, 0.717) is 12.7 Å². The average Bonchev–Trinajstić information content (AvgIpc) is 2.94. The van der Waals surface area contributed by atoms with Gasteiger partial charge in [-0.05, 0) is 109 Å². The van der Waals surface area contributed by atoms with E-state index in [0.717, 1.165) is 66.9 Å². The van der Waals surface area contributed by atoms with Crippen LogP contribution >= 0.6 is 0 Å². The van der Waals surface area contributed by atoms with E-state index in [1.165, 1.54) is 30.4 Å². The van der Waals surface area contributed by atoms with Gasteiger partial charge in [0.15, 0.2) is 0 Å². The van der Waals surface area contributed by atoms with Crippen molar-refractivity contribution in [2.75, 3.05) is 30.5 Å². The molecule has 42 heavy (non-hydrogen) atoms. The van der Waals surface area contributed by atoms with Crippen LogP contribution in [0.4, 0.5) is 22.2 Å². The van der Waals surface area contributed by atoms with Gasteiger partial charge in [-0.2, -0.15) is 4.98 Å². The van der Waals surface area contributed by atoms with Gasteiger partial charge < -0.3 is 25.4 Å². The molecule has 2 aromatic carbocycles. The van der Waals surface area contributed by atoms with Crippen LogP contribution in [0.5, 0.6) is 5.75 Å². The summed E-state index contributed by atoms with van der Waals surface area (Å²) in [6, 6.07) is 12.6. The smallest absolute Gasteiger partial charge is 0.407 e. The number of nitrogens with one attached hydrogen (secondary N) is 3. The number of ether oxygens (including phenoxy) is 2. The molecule has 5 rings (SSSR count). The first-order valence-electron chi connectivity index (χ1n) is 15.4. The Kier molecular flexibility index (Phi) is 9.36. The lowest BCUT2D eigenvalue weighted by Gasteiger charge is -2.31. The number of aromatic nitrogens is 2. The molecule has 2 fully saturated rings. The number of alkyl carbamates (subject to hydrolysis) is 1. The Bertz CT molecular complexity index is 1370. The molecule has 2 aliphatic rings. The summed E-state index contributed by atoms with van der Waals surface area (Å²) < 4.78 is 11.9. The molecule has 0 radical (unpaired) electrons. The second kappa shape index (κ2) is 13.2. The molecule has 1 aliphatic carbocycles. The van der Waals surface area contributed by atoms with E-state index in [4.69, 9.17) is 19.4 Å². The van der Waals surface area contributed by atoms with Crippen molar-refractivity contribution in [3.05, 3.63) is 47.5 Å². The Morgan fingerprint density at radius 2 is 1.69 bits per heavy atom. The highest BCUT2D eigenvalue weighted by Crippen LogP contribution is 2.34. The van der Waals surface area contributed by atoms with Gasteiger partial charge in [0.25, 0.3) is 0 Å². The summed E-state index contributed by atoms with van der Waals surface area (Å²) in [4.78, 5) is 24.5. The van der Waals surface area contributed by atoms with E-state index in [9.17, 15) is 4.79 Å². The molecule has 3 aromatic rings. The van der Waals surface area contributed by atoms with E-state index < -0.39 is 5.60 Å². The van der Waals surface area contributed by atoms with Crippen molar-refractivity contribution in [1.29, 1.82) is 0 Å². The molecule has 1 saturated carbocycles. The maximum Gasteiger partial charge on any atom is 0.407 e. The van der Waals surface area contributed by atoms with Gasteiger partial charge >= 0.3 is 6.09 Å². The number of nitrogens with zero attached hydrogens (tertiary/aromatic N) is 3. The number of carbonyl (C=O) groups excluding carboxylic acids is 1. The fourth-order valence-electron chi connectivity index (χ4n) is 5.68. The summed E-state index contributed by atoms with van der Waals surface area (Å²) in [6.07, 6.45) is 6.92. The normalized spacial score (nSPS) is 19.7. The standard InChI is InChI=1S/C33H46N6O3/c1-22-12-13-26(20-23(22)2)35-31-37-27-10-9-11-28(41-21-39-18-7-6-8-19-39)29(27)30(38-31)34-24-14-16-25(17-15-24)36-32(40)42-33(3,4)5/h9-13,20,24-25H,6-8,14-19,21H2,1-5H3,(H,36,40)(H2,34,35,37,38). The first kappa shape index (κ1) is 29.9. The van der Waals surface area contributed by atoms with Crippen LogP contribution < -0.4 is 20.7 Å². The highest BCUT2D eigenvalue weighted by Gasteiger charge is 2.26. The fourth-order valence-corrected chi connectivity index (χ4v) is 5.68. The van der Waals surface area contributed by atoms with Crippen LogP contribution in [0.15, 0.2) is 36.4 Å². The van der Waals surface area contributed by atoms with Crippen LogP contribution in [0.1, 0.15) is 76.8 Å². The molecule has 0 bridgehead atoms. The lowest BCUT2D eigenvalue weighted by atomic mass is 9.91. The molecular formula is C33H46N6O3. The summed E-state index contributed by atoms with van der Waals surface area (Å²) in [5.41, 5.74) is 3.73. The fraction of sp³-hybridized carbons (Fsp3) is 0.545. The summed E-state index contributed by atoms with van der Waals surface area (Å²) in [5.74, 6) is 2.10. The Morgan fingerprint density at radius 3 is 2.40 bits per heavy atom. The average molecular weight is 575 g/mol. The second-order valence-corrected chi connectivity index (χ2v) is 12.8. The van der Waals surface area contributed by atoms with E-state index in [2.05, 4.69) is 52.9 Å². The predicted octanol–water partition coefficient (Wildman–Crippen LogP) is 7.06. The predicted molar refractivity (Wildman–Crippen MR) is 169 cm³/mol. The van der Waals surface area contributed by atoms with Crippen molar-refractivity contribution in [2.45, 2.75) is 97.2 Å². The van der Waals surface area contributed by atoms with Crippen molar-refractivity contribution < 1.29 is 14.3 Å². The lowest BCUT2D eigenvalue weighted by Crippen LogP contribution is -2.42. The Labute approximate surface area is 249 Å². The summed E-state index contributed by atoms with van der Waals surface area (Å²) in [5, 5.41) is 11.1. The molecule has 9 nitrogen and oxygen atoms in total. The number of hydrogen-bond donors (Lipinski definition) is 3. The number of aryl methyl sites for hydroxylation is 2. The first-order chi connectivity index (χ1) is 20.1.